The number of carbonyl (C=O) groups excluding carboxylic acids is 1. The lowest BCUT2D eigenvalue weighted by Gasteiger charge is -2.16. The standard InChI is InChI=1S/C13H10Cl2FNO3/c14-8-2-1-7(5-9(8)16)10(6-18)17-13(19)11-3-4-12(15)20-11/h1-5,10,18H,6H2,(H,17,19). The summed E-state index contributed by atoms with van der Waals surface area (Å²) >= 11 is 11.1. The van der Waals surface area contributed by atoms with Gasteiger partial charge in [-0.15, -0.1) is 0 Å². The number of nitrogens with one attached hydrogen (secondary N) is 1. The Bertz CT molecular complexity index is 630. The van der Waals surface area contributed by atoms with Crippen LogP contribution in [0.15, 0.2) is 34.7 Å². The van der Waals surface area contributed by atoms with Crippen LogP contribution < -0.4 is 5.32 Å². The maximum absolute atomic E-state index is 13.4. The molecule has 0 aliphatic rings. The summed E-state index contributed by atoms with van der Waals surface area (Å²) in [7, 11) is 0. The first kappa shape index (κ1) is 14.8. The van der Waals surface area contributed by atoms with Crippen LogP contribution in [0.25, 0.3) is 0 Å². The monoisotopic (exact) mass is 317 g/mol. The van der Waals surface area contributed by atoms with E-state index in [-0.39, 0.29) is 16.0 Å². The van der Waals surface area contributed by atoms with Crippen LogP contribution in [0.2, 0.25) is 10.2 Å². The summed E-state index contributed by atoms with van der Waals surface area (Å²) in [6.07, 6.45) is 0. The van der Waals surface area contributed by atoms with Crippen LogP contribution in [-0.2, 0) is 0 Å². The predicted octanol–water partition coefficient (Wildman–Crippen LogP) is 3.19. The number of benzene rings is 1. The third kappa shape index (κ3) is 3.30. The van der Waals surface area contributed by atoms with Crippen LogP contribution in [0.3, 0.4) is 0 Å². The Morgan fingerprint density at radius 2 is 2.10 bits per heavy atom. The van der Waals surface area contributed by atoms with E-state index >= 15 is 0 Å². The van der Waals surface area contributed by atoms with Crippen LogP contribution in [0, 0.1) is 5.82 Å². The molecule has 1 amide bonds. The van der Waals surface area contributed by atoms with Gasteiger partial charge in [0, 0.05) is 0 Å². The first-order valence-corrected chi connectivity index (χ1v) is 6.39. The number of carbonyl (C=O) groups is 1. The predicted molar refractivity (Wildman–Crippen MR) is 72.4 cm³/mol. The van der Waals surface area contributed by atoms with Crippen LogP contribution in [0.4, 0.5) is 4.39 Å². The zero-order valence-corrected chi connectivity index (χ0v) is 11.6. The number of halogens is 3. The lowest BCUT2D eigenvalue weighted by molar-refractivity contribution is 0.0888. The van der Waals surface area contributed by atoms with Gasteiger partial charge in [0.1, 0.15) is 5.82 Å². The molecule has 1 heterocycles. The maximum Gasteiger partial charge on any atom is 0.287 e. The summed E-state index contributed by atoms with van der Waals surface area (Å²) in [6.45, 7) is -0.402. The molecule has 0 fully saturated rings. The summed E-state index contributed by atoms with van der Waals surface area (Å²) in [5, 5.41) is 11.9. The molecule has 1 unspecified atom stereocenters. The summed E-state index contributed by atoms with van der Waals surface area (Å²) in [6, 6.07) is 6.06. The van der Waals surface area contributed by atoms with Gasteiger partial charge in [-0.3, -0.25) is 4.79 Å². The molecule has 1 atom stereocenters. The molecule has 2 aromatic rings. The van der Waals surface area contributed by atoms with E-state index in [0.29, 0.717) is 5.56 Å². The molecule has 1 aromatic heterocycles. The minimum Gasteiger partial charge on any atom is -0.440 e. The largest absolute Gasteiger partial charge is 0.440 e. The zero-order chi connectivity index (χ0) is 14.7. The molecule has 106 valence electrons. The molecule has 0 aliphatic heterocycles. The van der Waals surface area contributed by atoms with Crippen molar-refractivity contribution in [2.75, 3.05) is 6.61 Å². The molecule has 0 radical (unpaired) electrons. The zero-order valence-electron chi connectivity index (χ0n) is 10.1. The van der Waals surface area contributed by atoms with Crippen molar-refractivity contribution < 1.29 is 18.7 Å². The molecular formula is C13H10Cl2FNO3. The van der Waals surface area contributed by atoms with Gasteiger partial charge in [0.25, 0.3) is 5.91 Å². The third-order valence-corrected chi connectivity index (χ3v) is 3.14. The second-order valence-electron chi connectivity index (χ2n) is 3.99. The number of aliphatic hydroxyl groups excluding tert-OH is 1. The van der Waals surface area contributed by atoms with Crippen molar-refractivity contribution in [1.29, 1.82) is 0 Å². The van der Waals surface area contributed by atoms with Crippen molar-refractivity contribution in [2.45, 2.75) is 6.04 Å². The Hall–Kier alpha value is -1.56. The van der Waals surface area contributed by atoms with Crippen molar-refractivity contribution in [1.82, 2.24) is 5.32 Å². The van der Waals surface area contributed by atoms with Gasteiger partial charge in [-0.1, -0.05) is 17.7 Å². The fourth-order valence-electron chi connectivity index (χ4n) is 1.63. The van der Waals surface area contributed by atoms with Crippen LogP contribution in [0.5, 0.6) is 0 Å². The third-order valence-electron chi connectivity index (χ3n) is 2.63. The normalized spacial score (nSPS) is 12.2. The van der Waals surface area contributed by atoms with Gasteiger partial charge in [0.15, 0.2) is 11.0 Å². The number of hydrogen-bond donors (Lipinski definition) is 2. The van der Waals surface area contributed by atoms with E-state index in [1.165, 1.54) is 24.3 Å². The molecule has 0 aliphatic carbocycles. The summed E-state index contributed by atoms with van der Waals surface area (Å²) in [5.74, 6) is -1.19. The number of furan rings is 1. The molecule has 0 spiro atoms. The van der Waals surface area contributed by atoms with Crippen LogP contribution in [0.1, 0.15) is 22.2 Å². The topological polar surface area (TPSA) is 62.5 Å². The highest BCUT2D eigenvalue weighted by Crippen LogP contribution is 2.21. The second kappa shape index (κ2) is 6.26. The Kier molecular flexibility index (Phi) is 4.65. The molecular weight excluding hydrogens is 308 g/mol. The minimum atomic E-state index is -0.779. The fourth-order valence-corrected chi connectivity index (χ4v) is 1.89. The van der Waals surface area contributed by atoms with Gasteiger partial charge >= 0.3 is 0 Å². The van der Waals surface area contributed by atoms with E-state index in [9.17, 15) is 14.3 Å². The van der Waals surface area contributed by atoms with Gasteiger partial charge in [-0.25, -0.2) is 4.39 Å². The molecule has 1 aromatic carbocycles. The Labute approximate surface area is 124 Å². The van der Waals surface area contributed by atoms with Gasteiger partial charge in [-0.2, -0.15) is 0 Å². The number of hydrogen-bond acceptors (Lipinski definition) is 3. The summed E-state index contributed by atoms with van der Waals surface area (Å²) in [5.41, 5.74) is 0.389. The molecule has 7 heteroatoms. The van der Waals surface area contributed by atoms with Crippen molar-refractivity contribution in [3.63, 3.8) is 0 Å². The number of amides is 1. The molecule has 2 rings (SSSR count). The van der Waals surface area contributed by atoms with Crippen molar-refractivity contribution in [3.05, 3.63) is 57.7 Å². The van der Waals surface area contributed by atoms with E-state index in [2.05, 4.69) is 5.32 Å². The van der Waals surface area contributed by atoms with E-state index in [1.54, 1.807) is 0 Å². The molecule has 20 heavy (non-hydrogen) atoms. The number of aliphatic hydroxyl groups is 1. The highest BCUT2D eigenvalue weighted by Gasteiger charge is 2.18. The molecule has 0 saturated heterocycles. The second-order valence-corrected chi connectivity index (χ2v) is 4.77. The molecule has 4 nitrogen and oxygen atoms in total. The summed E-state index contributed by atoms with van der Waals surface area (Å²) in [4.78, 5) is 11.9. The fraction of sp³-hybridized carbons (Fsp3) is 0.154. The van der Waals surface area contributed by atoms with Crippen molar-refractivity contribution in [2.24, 2.45) is 0 Å². The Morgan fingerprint density at radius 1 is 1.35 bits per heavy atom. The Balaban J connectivity index is 2.16. The highest BCUT2D eigenvalue weighted by molar-refractivity contribution is 6.30. The minimum absolute atomic E-state index is 0.00267. The highest BCUT2D eigenvalue weighted by atomic mass is 35.5. The first-order chi connectivity index (χ1) is 9.51. The quantitative estimate of drug-likeness (QED) is 0.910. The first-order valence-electron chi connectivity index (χ1n) is 5.63. The van der Waals surface area contributed by atoms with Gasteiger partial charge in [0.05, 0.1) is 17.7 Å². The van der Waals surface area contributed by atoms with E-state index in [4.69, 9.17) is 27.6 Å². The van der Waals surface area contributed by atoms with Crippen LogP contribution >= 0.6 is 23.2 Å². The lowest BCUT2D eigenvalue weighted by atomic mass is 10.1. The van der Waals surface area contributed by atoms with Gasteiger partial charge in [0.2, 0.25) is 0 Å². The SMILES string of the molecule is O=C(NC(CO)c1ccc(Cl)c(F)c1)c1ccc(Cl)o1. The lowest BCUT2D eigenvalue weighted by Crippen LogP contribution is -2.30. The van der Waals surface area contributed by atoms with E-state index < -0.39 is 24.4 Å². The molecule has 2 N–H and O–H groups in total. The summed E-state index contributed by atoms with van der Waals surface area (Å²) < 4.78 is 18.3. The van der Waals surface area contributed by atoms with Crippen LogP contribution in [-0.4, -0.2) is 17.6 Å². The smallest absolute Gasteiger partial charge is 0.287 e. The van der Waals surface area contributed by atoms with Gasteiger partial charge in [-0.05, 0) is 41.4 Å². The van der Waals surface area contributed by atoms with Crippen molar-refractivity contribution >= 4 is 29.1 Å². The van der Waals surface area contributed by atoms with E-state index in [0.717, 1.165) is 6.07 Å². The molecule has 0 bridgehead atoms. The Morgan fingerprint density at radius 3 is 2.65 bits per heavy atom. The average Bonchev–Trinajstić information content (AvgIpc) is 2.86. The molecule has 0 saturated carbocycles. The average molecular weight is 318 g/mol. The number of rotatable bonds is 4. The van der Waals surface area contributed by atoms with Gasteiger partial charge < -0.3 is 14.8 Å². The van der Waals surface area contributed by atoms with E-state index in [1.807, 2.05) is 0 Å². The van der Waals surface area contributed by atoms with Crippen molar-refractivity contribution in [3.8, 4) is 0 Å². The maximum atomic E-state index is 13.4.